The molecule has 0 fully saturated rings. The molecule has 10 aromatic carbocycles. The van der Waals surface area contributed by atoms with Crippen LogP contribution in [0, 0.1) is 0 Å². The summed E-state index contributed by atoms with van der Waals surface area (Å²) in [6.07, 6.45) is 4.70. The van der Waals surface area contributed by atoms with Crippen molar-refractivity contribution in [2.24, 2.45) is 0 Å². The van der Waals surface area contributed by atoms with Crippen molar-refractivity contribution in [1.82, 2.24) is 0 Å². The Hall–Kier alpha value is -6.70. The fraction of sp³-hybridized carbons (Fsp3) is 0.0385. The molecule has 12 rings (SSSR count). The predicted molar refractivity (Wildman–Crippen MR) is 224 cm³/mol. The highest BCUT2D eigenvalue weighted by Gasteiger charge is 2.33. The van der Waals surface area contributed by atoms with E-state index in [9.17, 15) is 0 Å². The fourth-order valence-electron chi connectivity index (χ4n) is 9.68. The first-order chi connectivity index (χ1) is 26.3. The van der Waals surface area contributed by atoms with Crippen molar-refractivity contribution in [3.05, 3.63) is 186 Å². The highest BCUT2D eigenvalue weighted by molar-refractivity contribution is 6.34. The molecule has 53 heavy (non-hydrogen) atoms. The van der Waals surface area contributed by atoms with Crippen molar-refractivity contribution < 1.29 is 4.74 Å². The van der Waals surface area contributed by atoms with Gasteiger partial charge in [0.2, 0.25) is 0 Å². The lowest BCUT2D eigenvalue weighted by Crippen LogP contribution is -2.34. The van der Waals surface area contributed by atoms with E-state index in [2.05, 4.69) is 182 Å². The van der Waals surface area contributed by atoms with Crippen LogP contribution in [-0.2, 0) is 0 Å². The minimum Gasteiger partial charge on any atom is -0.485 e. The fourth-order valence-corrected chi connectivity index (χ4v) is 9.68. The van der Waals surface area contributed by atoms with Gasteiger partial charge in [-0.05, 0) is 122 Å². The molecule has 0 spiro atoms. The summed E-state index contributed by atoms with van der Waals surface area (Å²) in [5, 5.41) is 17.9. The summed E-state index contributed by atoms with van der Waals surface area (Å²) >= 11 is 0. The van der Waals surface area contributed by atoms with Gasteiger partial charge in [0, 0.05) is 11.5 Å². The van der Waals surface area contributed by atoms with Crippen molar-refractivity contribution in [3.8, 4) is 28.0 Å². The Labute approximate surface area is 306 Å². The largest absolute Gasteiger partial charge is 0.485 e. The van der Waals surface area contributed by atoms with Crippen molar-refractivity contribution in [2.75, 3.05) is 0 Å². The molecule has 0 saturated carbocycles. The average molecular weight is 673 g/mol. The number of benzene rings is 10. The van der Waals surface area contributed by atoms with Crippen LogP contribution in [0.2, 0.25) is 0 Å². The second kappa shape index (κ2) is 10.9. The number of hydrogen-bond acceptors (Lipinski definition) is 1. The normalized spacial score (nSPS) is 16.0. The molecule has 0 bridgehead atoms. The van der Waals surface area contributed by atoms with E-state index in [-0.39, 0.29) is 12.0 Å². The lowest BCUT2D eigenvalue weighted by Gasteiger charge is -2.21. The summed E-state index contributed by atoms with van der Waals surface area (Å²) in [4.78, 5) is 0. The van der Waals surface area contributed by atoms with Gasteiger partial charge in [-0.1, -0.05) is 158 Å². The van der Waals surface area contributed by atoms with Gasteiger partial charge in [0.25, 0.3) is 0 Å². The molecule has 10 aromatic rings. The second-order valence-electron chi connectivity index (χ2n) is 14.6. The topological polar surface area (TPSA) is 9.23 Å². The van der Waals surface area contributed by atoms with Gasteiger partial charge >= 0.3 is 0 Å². The molecule has 0 aromatic heterocycles. The number of hydrogen-bond donors (Lipinski definition) is 0. The first-order valence-corrected chi connectivity index (χ1v) is 18.6. The molecular weight excluding hydrogens is 641 g/mol. The summed E-state index contributed by atoms with van der Waals surface area (Å²) in [5.74, 6) is 1.17. The van der Waals surface area contributed by atoms with Crippen LogP contribution in [0.15, 0.2) is 170 Å². The van der Waals surface area contributed by atoms with E-state index in [0.717, 1.165) is 5.75 Å². The molecule has 0 saturated heterocycles. The third-order valence-corrected chi connectivity index (χ3v) is 11.9. The van der Waals surface area contributed by atoms with Crippen molar-refractivity contribution in [2.45, 2.75) is 12.0 Å². The SMILES string of the molecule is C1=c2ccccc2=CC2c3cc(-c4c5ccccc5c(-c5cc6c7ccccc7c7ccccc7c6c6ccccc56)c5ccccc45)ccc3OC12. The van der Waals surface area contributed by atoms with E-state index in [1.54, 1.807) is 0 Å². The molecule has 1 aliphatic carbocycles. The molecule has 246 valence electrons. The molecular formula is C52H32O. The van der Waals surface area contributed by atoms with Crippen LogP contribution in [0.25, 0.3) is 99.0 Å². The Morgan fingerprint density at radius 2 is 0.830 bits per heavy atom. The maximum absolute atomic E-state index is 6.56. The third kappa shape index (κ3) is 4.08. The van der Waals surface area contributed by atoms with Crippen LogP contribution in [0.5, 0.6) is 5.75 Å². The molecule has 2 aliphatic rings. The summed E-state index contributed by atoms with van der Waals surface area (Å²) in [7, 11) is 0. The van der Waals surface area contributed by atoms with Crippen LogP contribution >= 0.6 is 0 Å². The van der Waals surface area contributed by atoms with E-state index in [4.69, 9.17) is 4.74 Å². The molecule has 2 unspecified atom stereocenters. The minimum absolute atomic E-state index is 0.0143. The number of ether oxygens (including phenoxy) is 1. The molecule has 1 heterocycles. The summed E-state index contributed by atoms with van der Waals surface area (Å²) in [5.41, 5.74) is 6.30. The van der Waals surface area contributed by atoms with Gasteiger partial charge in [-0.3, -0.25) is 0 Å². The molecule has 1 nitrogen and oxygen atoms in total. The Bertz CT molecular complexity index is 3280. The van der Waals surface area contributed by atoms with Crippen LogP contribution in [0.3, 0.4) is 0 Å². The zero-order valence-corrected chi connectivity index (χ0v) is 28.9. The lowest BCUT2D eigenvalue weighted by molar-refractivity contribution is 0.288. The van der Waals surface area contributed by atoms with Crippen LogP contribution in [-0.4, -0.2) is 6.10 Å². The van der Waals surface area contributed by atoms with Crippen LogP contribution < -0.4 is 15.2 Å². The highest BCUT2D eigenvalue weighted by Crippen LogP contribution is 2.50. The van der Waals surface area contributed by atoms with E-state index < -0.39 is 0 Å². The third-order valence-electron chi connectivity index (χ3n) is 11.9. The molecule has 0 N–H and O–H groups in total. The number of rotatable bonds is 2. The Morgan fingerprint density at radius 1 is 0.358 bits per heavy atom. The standard InChI is InChI=1S/C52H32O/c1-2-14-32-29-49-45(27-31(32)13-1)44-28-33(25-26-48(44)53-49)50-40-21-9-11-23-42(40)52(43-24-12-10-22-41(43)50)47-30-46-36-17-4-3-15-34(36)35-16-5-7-19-38(35)51(46)39-20-8-6-18-37(39)47/h1-30,45,49H. The van der Waals surface area contributed by atoms with Gasteiger partial charge in [-0.25, -0.2) is 0 Å². The quantitative estimate of drug-likeness (QED) is 0.131. The van der Waals surface area contributed by atoms with E-state index in [0.29, 0.717) is 0 Å². The molecule has 0 amide bonds. The average Bonchev–Trinajstić information content (AvgIpc) is 3.58. The van der Waals surface area contributed by atoms with Gasteiger partial charge in [-0.15, -0.1) is 0 Å². The maximum atomic E-state index is 6.56. The smallest absolute Gasteiger partial charge is 0.128 e. The summed E-state index contributed by atoms with van der Waals surface area (Å²) in [6.45, 7) is 0. The van der Waals surface area contributed by atoms with Crippen molar-refractivity contribution >= 4 is 76.8 Å². The zero-order valence-electron chi connectivity index (χ0n) is 28.9. The summed E-state index contributed by atoms with van der Waals surface area (Å²) in [6, 6.07) is 62.9. The first-order valence-electron chi connectivity index (χ1n) is 18.6. The minimum atomic E-state index is 0.0143. The first kappa shape index (κ1) is 28.9. The van der Waals surface area contributed by atoms with E-state index >= 15 is 0 Å². The second-order valence-corrected chi connectivity index (χ2v) is 14.6. The lowest BCUT2D eigenvalue weighted by atomic mass is 9.82. The Morgan fingerprint density at radius 3 is 1.47 bits per heavy atom. The van der Waals surface area contributed by atoms with Crippen molar-refractivity contribution in [3.63, 3.8) is 0 Å². The molecule has 0 radical (unpaired) electrons. The van der Waals surface area contributed by atoms with Crippen LogP contribution in [0.1, 0.15) is 11.5 Å². The van der Waals surface area contributed by atoms with E-state index in [1.165, 1.54) is 103 Å². The molecule has 1 heteroatoms. The van der Waals surface area contributed by atoms with Gasteiger partial charge in [0.15, 0.2) is 0 Å². The monoisotopic (exact) mass is 672 g/mol. The Balaban J connectivity index is 1.17. The van der Waals surface area contributed by atoms with Gasteiger partial charge in [0.1, 0.15) is 11.9 Å². The molecule has 1 aliphatic heterocycles. The van der Waals surface area contributed by atoms with Crippen molar-refractivity contribution in [1.29, 1.82) is 0 Å². The highest BCUT2D eigenvalue weighted by atomic mass is 16.5. The zero-order chi connectivity index (χ0) is 34.6. The molecule has 2 atom stereocenters. The maximum Gasteiger partial charge on any atom is 0.128 e. The Kier molecular flexibility index (Phi) is 5.95. The van der Waals surface area contributed by atoms with Gasteiger partial charge in [0.05, 0.1) is 0 Å². The van der Waals surface area contributed by atoms with Gasteiger partial charge in [-0.2, -0.15) is 0 Å². The van der Waals surface area contributed by atoms with Gasteiger partial charge < -0.3 is 4.74 Å². The predicted octanol–water partition coefficient (Wildman–Crippen LogP) is 12.1. The number of fused-ring (bicyclic) bond motifs is 14. The van der Waals surface area contributed by atoms with Crippen LogP contribution in [0.4, 0.5) is 0 Å². The van der Waals surface area contributed by atoms with E-state index in [1.807, 2.05) is 0 Å². The summed E-state index contributed by atoms with van der Waals surface area (Å²) < 4.78 is 6.56.